The summed E-state index contributed by atoms with van der Waals surface area (Å²) >= 11 is 0. The number of hydrogen-bond acceptors (Lipinski definition) is 3. The quantitative estimate of drug-likeness (QED) is 0.699. The lowest BCUT2D eigenvalue weighted by Gasteiger charge is -2.13. The highest BCUT2D eigenvalue weighted by molar-refractivity contribution is 6.06. The van der Waals surface area contributed by atoms with Crippen molar-refractivity contribution in [3.05, 3.63) is 77.5 Å². The van der Waals surface area contributed by atoms with Crippen LogP contribution in [0.25, 0.3) is 0 Å². The molecular weight excluding hydrogens is 326 g/mol. The number of hydrogen-bond donors (Lipinski definition) is 1. The maximum absolute atomic E-state index is 12.8. The molecule has 5 heteroatoms. The molecule has 0 saturated heterocycles. The van der Waals surface area contributed by atoms with E-state index >= 15 is 0 Å². The van der Waals surface area contributed by atoms with Crippen molar-refractivity contribution in [2.45, 2.75) is 26.8 Å². The first-order chi connectivity index (χ1) is 12.7. The van der Waals surface area contributed by atoms with Gasteiger partial charge in [0.05, 0.1) is 18.4 Å². The van der Waals surface area contributed by atoms with Gasteiger partial charge < -0.3 is 10.1 Å². The van der Waals surface area contributed by atoms with Crippen LogP contribution >= 0.6 is 0 Å². The molecule has 0 radical (unpaired) electrons. The van der Waals surface area contributed by atoms with Crippen molar-refractivity contribution >= 4 is 11.7 Å². The summed E-state index contributed by atoms with van der Waals surface area (Å²) in [5.74, 6) is 1.11. The molecule has 0 aliphatic heterocycles. The molecule has 0 unspecified atom stereocenters. The van der Waals surface area contributed by atoms with Crippen molar-refractivity contribution in [2.75, 3.05) is 11.9 Å². The van der Waals surface area contributed by atoms with E-state index in [2.05, 4.69) is 22.5 Å². The topological polar surface area (TPSA) is 56.2 Å². The fourth-order valence-corrected chi connectivity index (χ4v) is 2.76. The maximum Gasteiger partial charge on any atom is 0.260 e. The second kappa shape index (κ2) is 8.34. The summed E-state index contributed by atoms with van der Waals surface area (Å²) < 4.78 is 7.65. The van der Waals surface area contributed by atoms with Gasteiger partial charge in [0.25, 0.3) is 5.91 Å². The Kier molecular flexibility index (Phi) is 5.69. The molecule has 1 amide bonds. The van der Waals surface area contributed by atoms with Gasteiger partial charge in [-0.1, -0.05) is 42.5 Å². The van der Waals surface area contributed by atoms with Crippen LogP contribution in [0.3, 0.4) is 0 Å². The summed E-state index contributed by atoms with van der Waals surface area (Å²) in [7, 11) is 0. The summed E-state index contributed by atoms with van der Waals surface area (Å²) in [6.07, 6.45) is 2.54. The highest BCUT2D eigenvalue weighted by Crippen LogP contribution is 2.21. The number of carbonyl (C=O) groups excluding carboxylic acids is 1. The molecule has 0 fully saturated rings. The second-order valence-electron chi connectivity index (χ2n) is 6.03. The average Bonchev–Trinajstić information content (AvgIpc) is 3.02. The Hall–Kier alpha value is -3.08. The Labute approximate surface area is 153 Å². The van der Waals surface area contributed by atoms with Crippen LogP contribution in [0.4, 0.5) is 5.82 Å². The van der Waals surface area contributed by atoms with Gasteiger partial charge in [-0.3, -0.25) is 4.79 Å². The number of rotatable bonds is 7. The van der Waals surface area contributed by atoms with Gasteiger partial charge in [-0.25, -0.2) is 4.68 Å². The smallest absolute Gasteiger partial charge is 0.260 e. The van der Waals surface area contributed by atoms with Crippen molar-refractivity contribution in [1.29, 1.82) is 0 Å². The first-order valence-corrected chi connectivity index (χ1v) is 8.78. The first-order valence-electron chi connectivity index (χ1n) is 8.78. The van der Waals surface area contributed by atoms with Gasteiger partial charge in [-0.2, -0.15) is 5.10 Å². The third-order valence-corrected chi connectivity index (χ3v) is 4.18. The van der Waals surface area contributed by atoms with Gasteiger partial charge in [-0.05, 0) is 31.5 Å². The van der Waals surface area contributed by atoms with E-state index in [4.69, 9.17) is 4.74 Å². The van der Waals surface area contributed by atoms with Crippen LogP contribution in [0.15, 0.2) is 60.8 Å². The summed E-state index contributed by atoms with van der Waals surface area (Å²) in [4.78, 5) is 12.8. The van der Waals surface area contributed by atoms with E-state index in [1.165, 1.54) is 5.56 Å². The molecule has 2 aromatic carbocycles. The van der Waals surface area contributed by atoms with Gasteiger partial charge >= 0.3 is 0 Å². The maximum atomic E-state index is 12.8. The summed E-state index contributed by atoms with van der Waals surface area (Å²) in [5.41, 5.74) is 2.66. The second-order valence-corrected chi connectivity index (χ2v) is 6.03. The zero-order chi connectivity index (χ0) is 18.4. The first kappa shape index (κ1) is 17.7. The van der Waals surface area contributed by atoms with Crippen molar-refractivity contribution in [3.8, 4) is 5.75 Å². The minimum absolute atomic E-state index is 0.196. The lowest BCUT2D eigenvalue weighted by Crippen LogP contribution is -2.17. The zero-order valence-corrected chi connectivity index (χ0v) is 15.1. The van der Waals surface area contributed by atoms with E-state index in [0.29, 0.717) is 24.5 Å². The van der Waals surface area contributed by atoms with Gasteiger partial charge in [0, 0.05) is 18.5 Å². The predicted molar refractivity (Wildman–Crippen MR) is 103 cm³/mol. The fourth-order valence-electron chi connectivity index (χ4n) is 2.76. The Balaban J connectivity index is 1.70. The molecule has 0 spiro atoms. The van der Waals surface area contributed by atoms with Crippen LogP contribution in [0.1, 0.15) is 28.4 Å². The third kappa shape index (κ3) is 4.11. The highest BCUT2D eigenvalue weighted by atomic mass is 16.5. The number of benzene rings is 2. The van der Waals surface area contributed by atoms with E-state index < -0.39 is 0 Å². The van der Waals surface area contributed by atoms with Crippen molar-refractivity contribution in [2.24, 2.45) is 0 Å². The molecule has 0 aliphatic carbocycles. The number of amides is 1. The summed E-state index contributed by atoms with van der Waals surface area (Å²) in [6.45, 7) is 5.12. The number of ether oxygens (including phenoxy) is 1. The molecule has 1 N–H and O–H groups in total. The number of carbonyl (C=O) groups is 1. The molecule has 3 aromatic rings. The number of para-hydroxylation sites is 1. The predicted octanol–water partition coefficient (Wildman–Crippen LogP) is 4.09. The largest absolute Gasteiger partial charge is 0.492 e. The Morgan fingerprint density at radius 3 is 2.62 bits per heavy atom. The van der Waals surface area contributed by atoms with E-state index in [1.807, 2.05) is 50.2 Å². The van der Waals surface area contributed by atoms with E-state index in [-0.39, 0.29) is 5.91 Å². The zero-order valence-electron chi connectivity index (χ0n) is 15.1. The van der Waals surface area contributed by atoms with Gasteiger partial charge in [0.2, 0.25) is 0 Å². The molecule has 0 atom stereocenters. The normalized spacial score (nSPS) is 10.5. The van der Waals surface area contributed by atoms with Crippen LogP contribution < -0.4 is 10.1 Å². The lowest BCUT2D eigenvalue weighted by atomic mass is 10.1. The average molecular weight is 349 g/mol. The van der Waals surface area contributed by atoms with Crippen LogP contribution in [-0.2, 0) is 13.0 Å². The molecule has 1 heterocycles. The minimum Gasteiger partial charge on any atom is -0.492 e. The standard InChI is InChI=1S/C21H23N3O2/c1-3-24-20(16(2)15-22-24)23-21(25)18-11-7-8-12-19(18)26-14-13-17-9-5-4-6-10-17/h4-12,15H,3,13-14H2,1-2H3,(H,23,25). The number of aromatic nitrogens is 2. The molecular formula is C21H23N3O2. The molecule has 3 rings (SSSR count). The van der Waals surface area contributed by atoms with Crippen LogP contribution in [0, 0.1) is 6.92 Å². The number of nitrogens with one attached hydrogen (secondary N) is 1. The SMILES string of the molecule is CCn1ncc(C)c1NC(=O)c1ccccc1OCCc1ccccc1. The Morgan fingerprint density at radius 2 is 1.85 bits per heavy atom. The van der Waals surface area contributed by atoms with Crippen LogP contribution in [-0.4, -0.2) is 22.3 Å². The van der Waals surface area contributed by atoms with E-state index in [9.17, 15) is 4.79 Å². The number of aryl methyl sites for hydroxylation is 2. The third-order valence-electron chi connectivity index (χ3n) is 4.18. The fraction of sp³-hybridized carbons (Fsp3) is 0.238. The lowest BCUT2D eigenvalue weighted by molar-refractivity contribution is 0.102. The van der Waals surface area contributed by atoms with Crippen molar-refractivity contribution < 1.29 is 9.53 Å². The van der Waals surface area contributed by atoms with E-state index in [0.717, 1.165) is 17.8 Å². The molecule has 26 heavy (non-hydrogen) atoms. The Morgan fingerprint density at radius 1 is 1.12 bits per heavy atom. The number of nitrogens with zero attached hydrogens (tertiary/aromatic N) is 2. The molecule has 0 bridgehead atoms. The molecule has 5 nitrogen and oxygen atoms in total. The molecule has 1 aromatic heterocycles. The van der Waals surface area contributed by atoms with Crippen LogP contribution in [0.5, 0.6) is 5.75 Å². The molecule has 0 aliphatic rings. The highest BCUT2D eigenvalue weighted by Gasteiger charge is 2.15. The van der Waals surface area contributed by atoms with Crippen molar-refractivity contribution in [3.63, 3.8) is 0 Å². The van der Waals surface area contributed by atoms with Crippen molar-refractivity contribution in [1.82, 2.24) is 9.78 Å². The molecule has 0 saturated carbocycles. The van der Waals surface area contributed by atoms with Crippen LogP contribution in [0.2, 0.25) is 0 Å². The Bertz CT molecular complexity index is 872. The minimum atomic E-state index is -0.196. The van der Waals surface area contributed by atoms with Gasteiger partial charge in [0.1, 0.15) is 11.6 Å². The van der Waals surface area contributed by atoms with E-state index in [1.54, 1.807) is 16.9 Å². The van der Waals surface area contributed by atoms with Gasteiger partial charge in [-0.15, -0.1) is 0 Å². The molecule has 134 valence electrons. The van der Waals surface area contributed by atoms with Gasteiger partial charge in [0.15, 0.2) is 0 Å². The summed E-state index contributed by atoms with van der Waals surface area (Å²) in [6, 6.07) is 17.4. The summed E-state index contributed by atoms with van der Waals surface area (Å²) in [5, 5.41) is 7.21. The monoisotopic (exact) mass is 349 g/mol. The number of anilines is 1.